The Hall–Kier alpha value is -4.33. The van der Waals surface area contributed by atoms with Crippen molar-refractivity contribution >= 4 is 18.0 Å². The van der Waals surface area contributed by atoms with Gasteiger partial charge in [0.15, 0.2) is 0 Å². The molecule has 0 spiro atoms. The zero-order valence-corrected chi connectivity index (χ0v) is 21.4. The van der Waals surface area contributed by atoms with Crippen LogP contribution in [0.5, 0.6) is 5.75 Å². The Balaban J connectivity index is 1.29. The van der Waals surface area contributed by atoms with E-state index in [4.69, 9.17) is 19.3 Å². The number of carboxylic acid groups (broad SMARTS) is 1. The number of aliphatic carboxylic acids is 1. The minimum atomic E-state index is -0.931. The van der Waals surface area contributed by atoms with Gasteiger partial charge in [0.2, 0.25) is 0 Å². The SMILES string of the molecule is CC(C)[C@H](NC(=O)OCC1c2ccccc2-c2ccccc21)C(=O)OCc1ccc(OCCC(=O)O)cc1. The number of ether oxygens (including phenoxy) is 3. The second-order valence-corrected chi connectivity index (χ2v) is 9.44. The Kier molecular flexibility index (Phi) is 8.63. The van der Waals surface area contributed by atoms with Gasteiger partial charge in [0.05, 0.1) is 13.0 Å². The number of carboxylic acids is 1. The van der Waals surface area contributed by atoms with E-state index in [1.807, 2.05) is 50.2 Å². The van der Waals surface area contributed by atoms with Crippen LogP contribution in [0, 0.1) is 5.92 Å². The van der Waals surface area contributed by atoms with E-state index in [1.165, 1.54) is 0 Å². The molecule has 1 atom stereocenters. The Morgan fingerprint density at radius 2 is 1.47 bits per heavy atom. The Morgan fingerprint density at radius 1 is 0.868 bits per heavy atom. The highest BCUT2D eigenvalue weighted by molar-refractivity contribution is 5.82. The van der Waals surface area contributed by atoms with Crippen LogP contribution in [-0.2, 0) is 25.7 Å². The summed E-state index contributed by atoms with van der Waals surface area (Å²) < 4.78 is 16.4. The molecular weight excluding hydrogens is 486 g/mol. The number of benzene rings is 3. The molecule has 0 radical (unpaired) electrons. The summed E-state index contributed by atoms with van der Waals surface area (Å²) in [5.41, 5.74) is 5.23. The van der Waals surface area contributed by atoms with E-state index in [9.17, 15) is 14.4 Å². The first-order chi connectivity index (χ1) is 18.3. The summed E-state index contributed by atoms with van der Waals surface area (Å²) in [7, 11) is 0. The third-order valence-electron chi connectivity index (χ3n) is 6.43. The summed E-state index contributed by atoms with van der Waals surface area (Å²) in [4.78, 5) is 36.1. The Morgan fingerprint density at radius 3 is 2.05 bits per heavy atom. The van der Waals surface area contributed by atoms with Gasteiger partial charge in [-0.25, -0.2) is 9.59 Å². The van der Waals surface area contributed by atoms with Crippen LogP contribution in [0.4, 0.5) is 4.79 Å². The molecule has 1 amide bonds. The molecule has 0 bridgehead atoms. The second-order valence-electron chi connectivity index (χ2n) is 9.44. The van der Waals surface area contributed by atoms with E-state index in [1.54, 1.807) is 24.3 Å². The lowest BCUT2D eigenvalue weighted by Gasteiger charge is -2.21. The van der Waals surface area contributed by atoms with E-state index in [2.05, 4.69) is 17.4 Å². The molecular formula is C30H31NO7. The van der Waals surface area contributed by atoms with Gasteiger partial charge in [-0.1, -0.05) is 74.5 Å². The van der Waals surface area contributed by atoms with Crippen LogP contribution in [0.25, 0.3) is 11.1 Å². The smallest absolute Gasteiger partial charge is 0.407 e. The van der Waals surface area contributed by atoms with Crippen LogP contribution in [0.15, 0.2) is 72.8 Å². The van der Waals surface area contributed by atoms with Gasteiger partial charge in [-0.15, -0.1) is 0 Å². The molecule has 0 saturated carbocycles. The maximum absolute atomic E-state index is 12.8. The molecule has 4 rings (SSSR count). The van der Waals surface area contributed by atoms with Crippen molar-refractivity contribution < 1.29 is 33.7 Å². The van der Waals surface area contributed by atoms with Gasteiger partial charge in [-0.2, -0.15) is 0 Å². The van der Waals surface area contributed by atoms with E-state index < -0.39 is 24.1 Å². The number of hydrogen-bond acceptors (Lipinski definition) is 6. The maximum atomic E-state index is 12.8. The zero-order valence-electron chi connectivity index (χ0n) is 21.4. The molecule has 8 heteroatoms. The molecule has 0 aliphatic heterocycles. The standard InChI is InChI=1S/C30H31NO7/c1-19(2)28(29(34)37-17-20-11-13-21(14-12-20)36-16-15-27(32)33)31-30(35)38-18-26-24-9-5-3-7-22(24)23-8-4-6-10-25(23)26/h3-14,19,26,28H,15-18H2,1-2H3,(H,31,35)(H,32,33)/t28-/m0/s1. The first-order valence-corrected chi connectivity index (χ1v) is 12.5. The molecule has 3 aromatic carbocycles. The Bertz CT molecular complexity index is 1240. The molecule has 8 nitrogen and oxygen atoms in total. The fourth-order valence-electron chi connectivity index (χ4n) is 4.45. The summed E-state index contributed by atoms with van der Waals surface area (Å²) >= 11 is 0. The third kappa shape index (κ3) is 6.51. The van der Waals surface area contributed by atoms with Gasteiger partial charge in [0.1, 0.15) is 25.0 Å². The monoisotopic (exact) mass is 517 g/mol. The lowest BCUT2D eigenvalue weighted by molar-refractivity contribution is -0.148. The molecule has 0 saturated heterocycles. The highest BCUT2D eigenvalue weighted by atomic mass is 16.6. The van der Waals surface area contributed by atoms with Crippen molar-refractivity contribution in [1.82, 2.24) is 5.32 Å². The summed E-state index contributed by atoms with van der Waals surface area (Å²) in [5.74, 6) is -1.25. The average molecular weight is 518 g/mol. The molecule has 0 unspecified atom stereocenters. The van der Waals surface area contributed by atoms with Gasteiger partial charge >= 0.3 is 18.0 Å². The molecule has 0 fully saturated rings. The molecule has 0 heterocycles. The van der Waals surface area contributed by atoms with Crippen LogP contribution in [-0.4, -0.2) is 42.4 Å². The lowest BCUT2D eigenvalue weighted by Crippen LogP contribution is -2.45. The number of hydrogen-bond donors (Lipinski definition) is 2. The van der Waals surface area contributed by atoms with Crippen molar-refractivity contribution in [3.05, 3.63) is 89.5 Å². The van der Waals surface area contributed by atoms with Crippen LogP contribution in [0.2, 0.25) is 0 Å². The van der Waals surface area contributed by atoms with E-state index >= 15 is 0 Å². The summed E-state index contributed by atoms with van der Waals surface area (Å²) in [6.07, 6.45) is -0.766. The zero-order chi connectivity index (χ0) is 27.1. The highest BCUT2D eigenvalue weighted by Gasteiger charge is 2.30. The normalized spacial score (nSPS) is 12.8. The van der Waals surface area contributed by atoms with Crippen molar-refractivity contribution in [2.24, 2.45) is 5.92 Å². The van der Waals surface area contributed by atoms with Gasteiger partial charge in [0.25, 0.3) is 0 Å². The minimum absolute atomic E-state index is 0.0177. The number of carbonyl (C=O) groups is 3. The number of nitrogens with one attached hydrogen (secondary N) is 1. The molecule has 0 aromatic heterocycles. The number of fused-ring (bicyclic) bond motifs is 3. The molecule has 38 heavy (non-hydrogen) atoms. The lowest BCUT2D eigenvalue weighted by atomic mass is 9.98. The fraction of sp³-hybridized carbons (Fsp3) is 0.300. The molecule has 198 valence electrons. The van der Waals surface area contributed by atoms with Crippen LogP contribution in [0.1, 0.15) is 42.9 Å². The minimum Gasteiger partial charge on any atom is -0.493 e. The van der Waals surface area contributed by atoms with Crippen LogP contribution >= 0.6 is 0 Å². The average Bonchev–Trinajstić information content (AvgIpc) is 3.23. The third-order valence-corrected chi connectivity index (χ3v) is 6.43. The van der Waals surface area contributed by atoms with E-state index in [-0.39, 0.29) is 38.1 Å². The largest absolute Gasteiger partial charge is 0.493 e. The van der Waals surface area contributed by atoms with Gasteiger partial charge in [-0.3, -0.25) is 4.79 Å². The quantitative estimate of drug-likeness (QED) is 0.339. The number of rotatable bonds is 11. The van der Waals surface area contributed by atoms with Crippen molar-refractivity contribution in [1.29, 1.82) is 0 Å². The van der Waals surface area contributed by atoms with Crippen molar-refractivity contribution in [3.63, 3.8) is 0 Å². The van der Waals surface area contributed by atoms with Crippen LogP contribution in [0.3, 0.4) is 0 Å². The fourth-order valence-corrected chi connectivity index (χ4v) is 4.45. The topological polar surface area (TPSA) is 111 Å². The molecule has 3 aromatic rings. The summed E-state index contributed by atoms with van der Waals surface area (Å²) in [6.45, 7) is 3.88. The predicted molar refractivity (Wildman–Crippen MR) is 141 cm³/mol. The van der Waals surface area contributed by atoms with Crippen molar-refractivity contribution in [3.8, 4) is 16.9 Å². The van der Waals surface area contributed by atoms with E-state index in [0.717, 1.165) is 27.8 Å². The number of esters is 1. The van der Waals surface area contributed by atoms with Gasteiger partial charge < -0.3 is 24.6 Å². The summed E-state index contributed by atoms with van der Waals surface area (Å²) in [5, 5.41) is 11.3. The second kappa shape index (κ2) is 12.3. The van der Waals surface area contributed by atoms with Gasteiger partial charge in [0, 0.05) is 5.92 Å². The summed E-state index contributed by atoms with van der Waals surface area (Å²) in [6, 6.07) is 22.1. The Labute approximate surface area is 221 Å². The van der Waals surface area contributed by atoms with Crippen molar-refractivity contribution in [2.75, 3.05) is 13.2 Å². The van der Waals surface area contributed by atoms with Crippen molar-refractivity contribution in [2.45, 2.75) is 38.8 Å². The first kappa shape index (κ1) is 26.7. The van der Waals surface area contributed by atoms with Gasteiger partial charge in [-0.05, 0) is 45.9 Å². The molecule has 2 N–H and O–H groups in total. The number of amides is 1. The highest BCUT2D eigenvalue weighted by Crippen LogP contribution is 2.44. The first-order valence-electron chi connectivity index (χ1n) is 12.5. The molecule has 1 aliphatic carbocycles. The number of carbonyl (C=O) groups excluding carboxylic acids is 2. The maximum Gasteiger partial charge on any atom is 0.407 e. The van der Waals surface area contributed by atoms with Crippen LogP contribution < -0.4 is 10.1 Å². The number of alkyl carbamates (subject to hydrolysis) is 1. The molecule has 1 aliphatic rings. The van der Waals surface area contributed by atoms with E-state index in [0.29, 0.717) is 5.75 Å². The predicted octanol–water partition coefficient (Wildman–Crippen LogP) is 5.15.